The third kappa shape index (κ3) is 18.8. The predicted molar refractivity (Wildman–Crippen MR) is 170 cm³/mol. The zero-order valence-electron chi connectivity index (χ0n) is 26.4. The van der Waals surface area contributed by atoms with E-state index in [2.05, 4.69) is 51.4 Å². The van der Waals surface area contributed by atoms with Crippen LogP contribution in [0.25, 0.3) is 0 Å². The minimum atomic E-state index is -2.51. The van der Waals surface area contributed by atoms with Gasteiger partial charge in [0.2, 0.25) is 0 Å². The number of hydrogen-bond donors (Lipinski definition) is 1. The quantitative estimate of drug-likeness (QED) is 0.0820. The molecular formula is C31H64Cl2N2O3Si. The Bertz CT molecular complexity index is 629. The molecule has 1 rings (SSSR count). The molecule has 0 aliphatic heterocycles. The molecule has 1 atom stereocenters. The van der Waals surface area contributed by atoms with Gasteiger partial charge in [-0.2, -0.15) is 0 Å². The second-order valence-electron chi connectivity index (χ2n) is 11.2. The molecule has 0 saturated heterocycles. The van der Waals surface area contributed by atoms with Crippen molar-refractivity contribution in [2.45, 2.75) is 122 Å². The van der Waals surface area contributed by atoms with Crippen LogP contribution in [0, 0.1) is 0 Å². The van der Waals surface area contributed by atoms with E-state index in [-0.39, 0.29) is 31.0 Å². The smallest absolute Gasteiger partial charge is 0.500 e. The first-order chi connectivity index (χ1) is 17.4. The third-order valence-corrected chi connectivity index (χ3v) is 10.8. The lowest BCUT2D eigenvalue weighted by atomic mass is 9.98. The van der Waals surface area contributed by atoms with Crippen molar-refractivity contribution in [3.63, 3.8) is 0 Å². The van der Waals surface area contributed by atoms with E-state index in [1.807, 2.05) is 0 Å². The van der Waals surface area contributed by atoms with Crippen LogP contribution in [-0.2, 0) is 13.3 Å². The normalized spacial score (nSPS) is 12.3. The summed E-state index contributed by atoms with van der Waals surface area (Å²) in [7, 11) is 7.44. The van der Waals surface area contributed by atoms with Gasteiger partial charge < -0.3 is 36.3 Å². The van der Waals surface area contributed by atoms with Crippen LogP contribution in [0.5, 0.6) is 0 Å². The molecule has 0 amide bonds. The third-order valence-electron chi connectivity index (χ3n) is 8.01. The number of hydrogen-bond acceptors (Lipinski definition) is 4. The Morgan fingerprint density at radius 3 is 1.49 bits per heavy atom. The van der Waals surface area contributed by atoms with Crippen molar-refractivity contribution in [1.82, 2.24) is 6.15 Å². The molecule has 0 heterocycles. The fourth-order valence-electron chi connectivity index (χ4n) is 5.53. The highest BCUT2D eigenvalue weighted by Crippen LogP contribution is 2.32. The van der Waals surface area contributed by atoms with Gasteiger partial charge in [-0.25, -0.2) is 0 Å². The number of quaternary nitrogens is 1. The molecule has 3 N–H and O–H groups in total. The van der Waals surface area contributed by atoms with Gasteiger partial charge in [0, 0.05) is 39.4 Å². The van der Waals surface area contributed by atoms with Gasteiger partial charge in [0.15, 0.2) is 0 Å². The topological polar surface area (TPSA) is 62.7 Å². The van der Waals surface area contributed by atoms with Crippen molar-refractivity contribution in [2.75, 3.05) is 42.0 Å². The van der Waals surface area contributed by atoms with Gasteiger partial charge in [-0.3, -0.25) is 0 Å². The van der Waals surface area contributed by atoms with Gasteiger partial charge in [0.05, 0.1) is 20.6 Å². The van der Waals surface area contributed by atoms with Crippen LogP contribution in [0.4, 0.5) is 0 Å². The summed E-state index contributed by atoms with van der Waals surface area (Å²) in [6.07, 6.45) is 21.9. The number of rotatable bonds is 24. The van der Waals surface area contributed by atoms with Crippen LogP contribution in [0.3, 0.4) is 0 Å². The fourth-order valence-corrected chi connectivity index (χ4v) is 7.28. The molecule has 0 aliphatic carbocycles. The summed E-state index contributed by atoms with van der Waals surface area (Å²) in [5, 5.41) is 0. The van der Waals surface area contributed by atoms with E-state index in [1.54, 1.807) is 21.3 Å². The van der Waals surface area contributed by atoms with Gasteiger partial charge in [-0.1, -0.05) is 114 Å². The Balaban J connectivity index is -0.00000432. The van der Waals surface area contributed by atoms with E-state index in [0.717, 1.165) is 23.4 Å². The van der Waals surface area contributed by atoms with Gasteiger partial charge in [0.25, 0.3) is 0 Å². The fraction of sp³-hybridized carbons (Fsp3) is 0.806. The molecule has 0 bridgehead atoms. The van der Waals surface area contributed by atoms with E-state index in [1.165, 1.54) is 102 Å². The summed E-state index contributed by atoms with van der Waals surface area (Å²) in [4.78, 5) is 0. The minimum Gasteiger partial charge on any atom is -1.00 e. The first-order valence-electron chi connectivity index (χ1n) is 15.0. The maximum absolute atomic E-state index is 5.66. The van der Waals surface area contributed by atoms with Crippen LogP contribution in [0.1, 0.15) is 121 Å². The van der Waals surface area contributed by atoms with Crippen LogP contribution in [0.2, 0.25) is 6.04 Å². The Kier molecular flexibility index (Phi) is 29.6. The molecule has 0 fully saturated rings. The number of halogens is 2. The van der Waals surface area contributed by atoms with E-state index in [9.17, 15) is 0 Å². The molecule has 0 saturated carbocycles. The molecule has 1 unspecified atom stereocenters. The lowest BCUT2D eigenvalue weighted by Crippen LogP contribution is -3.00. The zero-order chi connectivity index (χ0) is 26.5. The summed E-state index contributed by atoms with van der Waals surface area (Å²) in [6, 6.07) is 12.4. The molecular weight excluding hydrogens is 547 g/mol. The molecule has 1 aromatic carbocycles. The Labute approximate surface area is 256 Å². The Hall–Kier alpha value is -0.183. The maximum Gasteiger partial charge on any atom is 0.500 e. The van der Waals surface area contributed by atoms with Crippen LogP contribution in [0.15, 0.2) is 30.3 Å². The summed E-state index contributed by atoms with van der Waals surface area (Å²) < 4.78 is 18.0. The second-order valence-corrected chi connectivity index (χ2v) is 14.3. The molecule has 0 radical (unpaired) electrons. The highest BCUT2D eigenvalue weighted by atomic mass is 35.5. The summed E-state index contributed by atoms with van der Waals surface area (Å²) in [6.45, 7) is 3.52. The van der Waals surface area contributed by atoms with Crippen LogP contribution in [-0.4, -0.2) is 55.3 Å². The number of benzene rings is 1. The maximum atomic E-state index is 5.66. The van der Waals surface area contributed by atoms with E-state index in [4.69, 9.17) is 13.3 Å². The van der Waals surface area contributed by atoms with E-state index in [0.29, 0.717) is 6.04 Å². The molecule has 234 valence electrons. The van der Waals surface area contributed by atoms with Crippen molar-refractivity contribution in [3.8, 4) is 0 Å². The molecule has 0 spiro atoms. The van der Waals surface area contributed by atoms with Crippen molar-refractivity contribution in [2.24, 2.45) is 0 Å². The summed E-state index contributed by atoms with van der Waals surface area (Å²) in [5.41, 5.74) is 1.44. The largest absolute Gasteiger partial charge is 1.00 e. The van der Waals surface area contributed by atoms with Crippen molar-refractivity contribution in [1.29, 1.82) is 0 Å². The number of unbranched alkanes of at least 4 members (excludes halogenated alkanes) is 13. The first kappa shape index (κ1) is 43.3. The van der Waals surface area contributed by atoms with E-state index >= 15 is 0 Å². The average molecular weight is 612 g/mol. The highest BCUT2D eigenvalue weighted by Gasteiger charge is 2.38. The SMILES string of the molecule is CCCCCCCCCCCCCCCC[N+](C)(C)C(CCC[Si](OC)(OC)OC)c1ccccc1.Cl.N.[Cl-]. The molecule has 1 aromatic rings. The van der Waals surface area contributed by atoms with E-state index < -0.39 is 8.80 Å². The highest BCUT2D eigenvalue weighted by molar-refractivity contribution is 6.60. The number of nitrogens with zero attached hydrogens (tertiary/aromatic N) is 1. The van der Waals surface area contributed by atoms with Crippen LogP contribution >= 0.6 is 12.4 Å². The van der Waals surface area contributed by atoms with Crippen molar-refractivity contribution >= 4 is 21.2 Å². The first-order valence-corrected chi connectivity index (χ1v) is 16.9. The summed E-state index contributed by atoms with van der Waals surface area (Å²) in [5.74, 6) is 0. The zero-order valence-corrected chi connectivity index (χ0v) is 28.9. The summed E-state index contributed by atoms with van der Waals surface area (Å²) >= 11 is 0. The van der Waals surface area contributed by atoms with Crippen molar-refractivity contribution < 1.29 is 30.2 Å². The lowest BCUT2D eigenvalue weighted by molar-refractivity contribution is -0.921. The molecule has 39 heavy (non-hydrogen) atoms. The van der Waals surface area contributed by atoms with Crippen molar-refractivity contribution in [3.05, 3.63) is 35.9 Å². The predicted octanol–water partition coefficient (Wildman–Crippen LogP) is 6.53. The average Bonchev–Trinajstić information content (AvgIpc) is 2.90. The monoisotopic (exact) mass is 610 g/mol. The van der Waals surface area contributed by atoms with Gasteiger partial charge >= 0.3 is 8.80 Å². The minimum absolute atomic E-state index is 0. The molecule has 5 nitrogen and oxygen atoms in total. The molecule has 8 heteroatoms. The van der Waals surface area contributed by atoms with Crippen LogP contribution < -0.4 is 18.6 Å². The second kappa shape index (κ2) is 26.7. The molecule has 0 aliphatic rings. The Morgan fingerprint density at radius 2 is 1.08 bits per heavy atom. The molecule has 0 aromatic heterocycles. The van der Waals surface area contributed by atoms with Gasteiger partial charge in [-0.05, 0) is 19.3 Å². The standard InChI is InChI=1S/C31H60NO3Si.2ClH.H3N/c1-7-8-9-10-11-12-13-14-15-16-17-18-19-23-28-32(2,3)31(30-25-21-20-22-26-30)27-24-29-36(33-4,34-5)35-6;;;/h20-22,25-26,31H,7-19,23-24,27-29H2,1-6H3;2*1H;1H3/q+1;;;/p-1. The van der Waals surface area contributed by atoms with Gasteiger partial charge in [0.1, 0.15) is 6.04 Å². The van der Waals surface area contributed by atoms with Gasteiger partial charge in [-0.15, -0.1) is 12.4 Å². The Morgan fingerprint density at radius 1 is 0.667 bits per heavy atom. The lowest BCUT2D eigenvalue weighted by Gasteiger charge is -2.39.